The number of imide groups is 1. The maximum absolute atomic E-state index is 14.0. The smallest absolute Gasteiger partial charge is 0.325 e. The number of carboxylic acid groups (broad SMARTS) is 1. The molecule has 2 aromatic carbocycles. The lowest BCUT2D eigenvalue weighted by Crippen LogP contribution is -2.58. The number of carbonyl (C=O) groups is 3. The molecule has 0 spiro atoms. The summed E-state index contributed by atoms with van der Waals surface area (Å²) in [7, 11) is 0. The van der Waals surface area contributed by atoms with Gasteiger partial charge in [-0.15, -0.1) is 0 Å². The number of likely N-dealkylation sites (tertiary alicyclic amines) is 1. The molecule has 2 saturated heterocycles. The number of benzene rings is 2. The van der Waals surface area contributed by atoms with E-state index in [1.54, 1.807) is 0 Å². The lowest BCUT2D eigenvalue weighted by Gasteiger charge is -2.34. The van der Waals surface area contributed by atoms with Crippen LogP contribution in [0.25, 0.3) is 17.0 Å². The Hall–Kier alpha value is -3.71. The van der Waals surface area contributed by atoms with E-state index in [4.69, 9.17) is 0 Å². The first-order valence-electron chi connectivity index (χ1n) is 13.2. The Morgan fingerprint density at radius 3 is 2.49 bits per heavy atom. The van der Waals surface area contributed by atoms with Crippen LogP contribution in [0.15, 0.2) is 66.9 Å². The number of carboxylic acids is 1. The lowest BCUT2D eigenvalue weighted by molar-refractivity contribution is -0.152. The molecule has 37 heavy (non-hydrogen) atoms. The molecule has 1 aromatic heterocycles. The third-order valence-corrected chi connectivity index (χ3v) is 8.49. The summed E-state index contributed by atoms with van der Waals surface area (Å²) in [6, 6.07) is 16.7. The number of para-hydroxylation sites is 1. The van der Waals surface area contributed by atoms with E-state index in [2.05, 4.69) is 10.3 Å². The number of nitrogens with one attached hydrogen (secondary N) is 2. The maximum atomic E-state index is 14.0. The van der Waals surface area contributed by atoms with Crippen molar-refractivity contribution in [3.05, 3.63) is 78.0 Å². The number of nitrogens with zero attached hydrogens (tertiary/aromatic N) is 1. The highest BCUT2D eigenvalue weighted by molar-refractivity contribution is 6.10. The number of hydrogen-bond acceptors (Lipinski definition) is 4. The van der Waals surface area contributed by atoms with Crippen molar-refractivity contribution >= 4 is 34.8 Å². The van der Waals surface area contributed by atoms with Crippen LogP contribution in [0.1, 0.15) is 43.2 Å². The number of aromatic nitrogens is 1. The summed E-state index contributed by atoms with van der Waals surface area (Å²) >= 11 is 0. The Bertz CT molecular complexity index is 1370. The average molecular weight is 498 g/mol. The SMILES string of the molecule is O=C1C2C(/C=C/c3ccccc3)NC(Cc3c[nH]c4ccccc34)(C(=O)O)C2C(=O)N1C1CCCCC1. The van der Waals surface area contributed by atoms with Crippen molar-refractivity contribution < 1.29 is 19.5 Å². The summed E-state index contributed by atoms with van der Waals surface area (Å²) in [5.41, 5.74) is 1.07. The second-order valence-corrected chi connectivity index (χ2v) is 10.6. The number of carbonyl (C=O) groups excluding carboxylic acids is 2. The Morgan fingerprint density at radius 2 is 1.73 bits per heavy atom. The van der Waals surface area contributed by atoms with Crippen molar-refractivity contribution in [2.75, 3.05) is 0 Å². The van der Waals surface area contributed by atoms with Crippen LogP contribution < -0.4 is 5.32 Å². The molecular formula is C30H31N3O4. The molecule has 3 fully saturated rings. The van der Waals surface area contributed by atoms with Gasteiger partial charge in [-0.05, 0) is 30.0 Å². The zero-order valence-electron chi connectivity index (χ0n) is 20.6. The monoisotopic (exact) mass is 497 g/mol. The van der Waals surface area contributed by atoms with Crippen LogP contribution >= 0.6 is 0 Å². The lowest BCUT2D eigenvalue weighted by atomic mass is 9.76. The van der Waals surface area contributed by atoms with Gasteiger partial charge >= 0.3 is 5.97 Å². The number of aliphatic carboxylic acids is 1. The number of rotatable bonds is 6. The number of fused-ring (bicyclic) bond motifs is 2. The van der Waals surface area contributed by atoms with Crippen LogP contribution in [0.5, 0.6) is 0 Å². The number of H-pyrrole nitrogens is 1. The summed E-state index contributed by atoms with van der Waals surface area (Å²) in [6.45, 7) is 0. The van der Waals surface area contributed by atoms with Gasteiger partial charge in [-0.1, -0.05) is 79.9 Å². The summed E-state index contributed by atoms with van der Waals surface area (Å²) in [6.07, 6.45) is 10.3. The first-order valence-corrected chi connectivity index (χ1v) is 13.2. The normalized spacial score (nSPS) is 28.4. The molecule has 3 N–H and O–H groups in total. The standard InChI is InChI=1S/C30H31N3O4/c34-27-25-24(16-15-19-9-3-1-4-10-19)32-30(29(36)37,17-20-18-31-23-14-8-7-13-22(20)23)26(25)28(35)33(27)21-11-5-2-6-12-21/h1,3-4,7-10,13-16,18,21,24-26,31-32H,2,5-6,11-12,17H2,(H,36,37)/b16-15+. The van der Waals surface area contributed by atoms with Gasteiger partial charge in [0.15, 0.2) is 0 Å². The molecule has 1 aliphatic carbocycles. The van der Waals surface area contributed by atoms with E-state index in [1.165, 1.54) is 4.90 Å². The van der Waals surface area contributed by atoms with Gasteiger partial charge < -0.3 is 10.1 Å². The first-order chi connectivity index (χ1) is 18.0. The molecule has 3 aliphatic rings. The number of amides is 2. The van der Waals surface area contributed by atoms with Crippen LogP contribution in [0, 0.1) is 11.8 Å². The topological polar surface area (TPSA) is 102 Å². The molecule has 2 amide bonds. The second-order valence-electron chi connectivity index (χ2n) is 10.6. The van der Waals surface area contributed by atoms with Crippen molar-refractivity contribution in [1.82, 2.24) is 15.2 Å². The highest BCUT2D eigenvalue weighted by atomic mass is 16.4. The van der Waals surface area contributed by atoms with E-state index in [1.807, 2.05) is 72.9 Å². The fourth-order valence-corrected chi connectivity index (χ4v) is 6.73. The molecule has 1 saturated carbocycles. The number of aromatic amines is 1. The third-order valence-electron chi connectivity index (χ3n) is 8.49. The summed E-state index contributed by atoms with van der Waals surface area (Å²) in [4.78, 5) is 45.6. The molecule has 4 unspecified atom stereocenters. The number of hydrogen-bond donors (Lipinski definition) is 3. The van der Waals surface area contributed by atoms with Gasteiger partial charge in [0, 0.05) is 35.6 Å². The molecule has 3 aromatic rings. The van der Waals surface area contributed by atoms with Crippen molar-refractivity contribution in [3.8, 4) is 0 Å². The largest absolute Gasteiger partial charge is 0.480 e. The van der Waals surface area contributed by atoms with E-state index in [-0.39, 0.29) is 24.3 Å². The molecule has 190 valence electrons. The molecule has 3 heterocycles. The van der Waals surface area contributed by atoms with E-state index in [0.29, 0.717) is 0 Å². The van der Waals surface area contributed by atoms with Crippen LogP contribution in [-0.2, 0) is 20.8 Å². The van der Waals surface area contributed by atoms with E-state index >= 15 is 0 Å². The van der Waals surface area contributed by atoms with Crippen LogP contribution in [-0.4, -0.2) is 50.4 Å². The fourth-order valence-electron chi connectivity index (χ4n) is 6.73. The van der Waals surface area contributed by atoms with Crippen LogP contribution in [0.2, 0.25) is 0 Å². The predicted octanol–water partition coefficient (Wildman–Crippen LogP) is 4.15. The van der Waals surface area contributed by atoms with Crippen LogP contribution in [0.3, 0.4) is 0 Å². The van der Waals surface area contributed by atoms with Crippen molar-refractivity contribution in [1.29, 1.82) is 0 Å². The summed E-state index contributed by atoms with van der Waals surface area (Å²) < 4.78 is 0. The minimum Gasteiger partial charge on any atom is -0.480 e. The highest BCUT2D eigenvalue weighted by Gasteiger charge is 2.68. The predicted molar refractivity (Wildman–Crippen MR) is 140 cm³/mol. The zero-order chi connectivity index (χ0) is 25.6. The Kier molecular flexibility index (Phi) is 5.95. The highest BCUT2D eigenvalue weighted by Crippen LogP contribution is 2.47. The quantitative estimate of drug-likeness (QED) is 0.444. The van der Waals surface area contributed by atoms with Gasteiger partial charge in [0.1, 0.15) is 5.54 Å². The molecule has 7 heteroatoms. The summed E-state index contributed by atoms with van der Waals surface area (Å²) in [5.74, 6) is -3.41. The van der Waals surface area contributed by atoms with Gasteiger partial charge in [-0.2, -0.15) is 0 Å². The Balaban J connectivity index is 1.43. The maximum Gasteiger partial charge on any atom is 0.325 e. The van der Waals surface area contributed by atoms with Gasteiger partial charge in [0.2, 0.25) is 11.8 Å². The molecule has 6 rings (SSSR count). The van der Waals surface area contributed by atoms with E-state index in [0.717, 1.165) is 54.1 Å². The summed E-state index contributed by atoms with van der Waals surface area (Å²) in [5, 5.41) is 14.9. The average Bonchev–Trinajstić information content (AvgIpc) is 3.56. The molecular weight excluding hydrogens is 466 g/mol. The fraction of sp³-hybridized carbons (Fsp3) is 0.367. The molecule has 2 aliphatic heterocycles. The minimum absolute atomic E-state index is 0.0979. The van der Waals surface area contributed by atoms with E-state index < -0.39 is 29.4 Å². The van der Waals surface area contributed by atoms with E-state index in [9.17, 15) is 19.5 Å². The third kappa shape index (κ3) is 3.89. The molecule has 0 bridgehead atoms. The zero-order valence-corrected chi connectivity index (χ0v) is 20.6. The van der Waals surface area contributed by atoms with Crippen molar-refractivity contribution in [3.63, 3.8) is 0 Å². The Labute approximate surface area is 215 Å². The van der Waals surface area contributed by atoms with Crippen molar-refractivity contribution in [2.24, 2.45) is 11.8 Å². The van der Waals surface area contributed by atoms with Gasteiger partial charge in [0.05, 0.1) is 11.8 Å². The minimum atomic E-state index is -1.60. The van der Waals surface area contributed by atoms with Crippen molar-refractivity contribution in [2.45, 2.75) is 56.1 Å². The van der Waals surface area contributed by atoms with Gasteiger partial charge in [-0.25, -0.2) is 0 Å². The van der Waals surface area contributed by atoms with Gasteiger partial charge in [0.25, 0.3) is 0 Å². The first kappa shape index (κ1) is 23.7. The molecule has 4 atom stereocenters. The molecule has 7 nitrogen and oxygen atoms in total. The van der Waals surface area contributed by atoms with Gasteiger partial charge in [-0.3, -0.25) is 24.6 Å². The molecule has 0 radical (unpaired) electrons. The Morgan fingerprint density at radius 1 is 1.00 bits per heavy atom. The second kappa shape index (κ2) is 9.30. The van der Waals surface area contributed by atoms with Crippen LogP contribution in [0.4, 0.5) is 0 Å².